The lowest BCUT2D eigenvalue weighted by molar-refractivity contribution is 0.237. The minimum absolute atomic E-state index is 0.267. The summed E-state index contributed by atoms with van der Waals surface area (Å²) in [6.45, 7) is 4.38. The minimum Gasteiger partial charge on any atom is -0.448 e. The average molecular weight is 223 g/mol. The maximum Gasteiger partial charge on any atom is 0.197 e. The van der Waals surface area contributed by atoms with Gasteiger partial charge in [0.25, 0.3) is 0 Å². The van der Waals surface area contributed by atoms with Crippen LogP contribution in [0.25, 0.3) is 0 Å². The highest BCUT2D eigenvalue weighted by Gasteiger charge is 2.23. The van der Waals surface area contributed by atoms with Gasteiger partial charge in [0.15, 0.2) is 5.89 Å². The molecule has 2 rings (SSSR count). The molecule has 4 nitrogen and oxygen atoms in total. The number of nitrogens with one attached hydrogen (secondary N) is 1. The van der Waals surface area contributed by atoms with Crippen LogP contribution in [0.4, 0.5) is 0 Å². The highest BCUT2D eigenvalue weighted by molar-refractivity contribution is 5.05. The molecule has 0 spiro atoms. The Kier molecular flexibility index (Phi) is 3.61. The van der Waals surface area contributed by atoms with E-state index in [2.05, 4.69) is 29.2 Å². The molecule has 0 saturated carbocycles. The second kappa shape index (κ2) is 4.97. The summed E-state index contributed by atoms with van der Waals surface area (Å²) in [5.74, 6) is 1.43. The van der Waals surface area contributed by atoms with Gasteiger partial charge in [-0.2, -0.15) is 0 Å². The molecule has 2 heterocycles. The van der Waals surface area contributed by atoms with Crippen molar-refractivity contribution in [2.75, 3.05) is 27.2 Å². The van der Waals surface area contributed by atoms with Crippen LogP contribution in [0.1, 0.15) is 43.3 Å². The van der Waals surface area contributed by atoms with E-state index in [1.165, 1.54) is 0 Å². The normalized spacial score (nSPS) is 21.2. The van der Waals surface area contributed by atoms with E-state index in [1.807, 2.05) is 7.05 Å². The van der Waals surface area contributed by atoms with Gasteiger partial charge in [-0.25, -0.2) is 4.98 Å². The zero-order valence-corrected chi connectivity index (χ0v) is 10.4. The van der Waals surface area contributed by atoms with E-state index in [1.54, 1.807) is 6.26 Å². The van der Waals surface area contributed by atoms with Crippen molar-refractivity contribution in [2.45, 2.75) is 31.7 Å². The third-order valence-corrected chi connectivity index (χ3v) is 3.48. The molecule has 0 amide bonds. The maximum atomic E-state index is 5.59. The lowest BCUT2D eigenvalue weighted by atomic mass is 9.97. The van der Waals surface area contributed by atoms with E-state index in [9.17, 15) is 0 Å². The summed E-state index contributed by atoms with van der Waals surface area (Å²) < 4.78 is 5.59. The van der Waals surface area contributed by atoms with Crippen LogP contribution >= 0.6 is 0 Å². The number of piperidine rings is 1. The summed E-state index contributed by atoms with van der Waals surface area (Å²) in [5.41, 5.74) is 1.01. The number of oxazole rings is 1. The molecule has 0 aromatic carbocycles. The predicted octanol–water partition coefficient (Wildman–Crippen LogP) is 1.76. The highest BCUT2D eigenvalue weighted by Crippen LogP contribution is 2.27. The van der Waals surface area contributed by atoms with Crippen molar-refractivity contribution in [1.82, 2.24) is 15.2 Å². The number of hydrogen-bond acceptors (Lipinski definition) is 4. The fraction of sp³-hybridized carbons (Fsp3) is 0.750. The molecule has 1 saturated heterocycles. The van der Waals surface area contributed by atoms with Gasteiger partial charge < -0.3 is 14.6 Å². The van der Waals surface area contributed by atoms with E-state index < -0.39 is 0 Å². The number of likely N-dealkylation sites (tertiary alicyclic amines) is 1. The Balaban J connectivity index is 2.01. The van der Waals surface area contributed by atoms with Crippen LogP contribution in [0, 0.1) is 0 Å². The quantitative estimate of drug-likeness (QED) is 0.848. The van der Waals surface area contributed by atoms with Gasteiger partial charge in [0.1, 0.15) is 6.26 Å². The van der Waals surface area contributed by atoms with Crippen molar-refractivity contribution in [3.8, 4) is 0 Å². The molecule has 0 aliphatic carbocycles. The molecular formula is C12H21N3O. The van der Waals surface area contributed by atoms with Crippen LogP contribution in [0.5, 0.6) is 0 Å². The fourth-order valence-corrected chi connectivity index (χ4v) is 2.09. The molecule has 0 bridgehead atoms. The third-order valence-electron chi connectivity index (χ3n) is 3.48. The Morgan fingerprint density at radius 3 is 2.81 bits per heavy atom. The SMILES string of the molecule is CNC(C)c1coc(C2CCN(C)CC2)n1. The summed E-state index contributed by atoms with van der Waals surface area (Å²) in [7, 11) is 4.11. The van der Waals surface area contributed by atoms with Crippen LogP contribution in [0.15, 0.2) is 10.7 Å². The number of rotatable bonds is 3. The van der Waals surface area contributed by atoms with E-state index in [-0.39, 0.29) is 6.04 Å². The highest BCUT2D eigenvalue weighted by atomic mass is 16.3. The summed E-state index contributed by atoms with van der Waals surface area (Å²) >= 11 is 0. The average Bonchev–Trinajstić information content (AvgIpc) is 2.78. The Morgan fingerprint density at radius 1 is 1.50 bits per heavy atom. The van der Waals surface area contributed by atoms with Crippen LogP contribution in [-0.4, -0.2) is 37.1 Å². The Morgan fingerprint density at radius 2 is 2.19 bits per heavy atom. The number of aromatic nitrogens is 1. The molecule has 1 aliphatic rings. The first-order chi connectivity index (χ1) is 7.70. The molecular weight excluding hydrogens is 202 g/mol. The molecule has 1 aromatic heterocycles. The Hall–Kier alpha value is -0.870. The van der Waals surface area contributed by atoms with E-state index in [0.29, 0.717) is 5.92 Å². The van der Waals surface area contributed by atoms with Gasteiger partial charge in [-0.15, -0.1) is 0 Å². The van der Waals surface area contributed by atoms with E-state index in [4.69, 9.17) is 4.42 Å². The second-order valence-electron chi connectivity index (χ2n) is 4.70. The zero-order valence-electron chi connectivity index (χ0n) is 10.4. The van der Waals surface area contributed by atoms with Crippen LogP contribution < -0.4 is 5.32 Å². The lowest BCUT2D eigenvalue weighted by Gasteiger charge is -2.26. The van der Waals surface area contributed by atoms with Crippen molar-refractivity contribution in [1.29, 1.82) is 0 Å². The lowest BCUT2D eigenvalue weighted by Crippen LogP contribution is -2.29. The van der Waals surface area contributed by atoms with Crippen molar-refractivity contribution >= 4 is 0 Å². The number of nitrogens with zero attached hydrogens (tertiary/aromatic N) is 2. The molecule has 1 unspecified atom stereocenters. The van der Waals surface area contributed by atoms with Crippen molar-refractivity contribution in [2.24, 2.45) is 0 Å². The summed E-state index contributed by atoms with van der Waals surface area (Å²) in [6.07, 6.45) is 4.10. The first kappa shape index (κ1) is 11.6. The molecule has 1 N–H and O–H groups in total. The predicted molar refractivity (Wildman–Crippen MR) is 63.4 cm³/mol. The molecule has 1 fully saturated rings. The second-order valence-corrected chi connectivity index (χ2v) is 4.70. The van der Waals surface area contributed by atoms with Gasteiger partial charge in [-0.1, -0.05) is 0 Å². The van der Waals surface area contributed by atoms with Crippen LogP contribution in [-0.2, 0) is 0 Å². The fourth-order valence-electron chi connectivity index (χ4n) is 2.09. The zero-order chi connectivity index (χ0) is 11.5. The van der Waals surface area contributed by atoms with Crippen LogP contribution in [0.2, 0.25) is 0 Å². The van der Waals surface area contributed by atoms with Crippen molar-refractivity contribution in [3.05, 3.63) is 17.8 Å². The van der Waals surface area contributed by atoms with E-state index in [0.717, 1.165) is 37.5 Å². The topological polar surface area (TPSA) is 41.3 Å². The summed E-state index contributed by atoms with van der Waals surface area (Å²) in [4.78, 5) is 6.94. The van der Waals surface area contributed by atoms with E-state index >= 15 is 0 Å². The monoisotopic (exact) mass is 223 g/mol. The van der Waals surface area contributed by atoms with Crippen molar-refractivity contribution < 1.29 is 4.42 Å². The Labute approximate surface area is 97.0 Å². The summed E-state index contributed by atoms with van der Waals surface area (Å²) in [6, 6.07) is 0.267. The molecule has 16 heavy (non-hydrogen) atoms. The first-order valence-corrected chi connectivity index (χ1v) is 6.02. The van der Waals surface area contributed by atoms with Gasteiger partial charge in [0, 0.05) is 12.0 Å². The first-order valence-electron chi connectivity index (χ1n) is 6.02. The van der Waals surface area contributed by atoms with Crippen molar-refractivity contribution in [3.63, 3.8) is 0 Å². The minimum atomic E-state index is 0.267. The Bertz CT molecular complexity index is 329. The maximum absolute atomic E-state index is 5.59. The molecule has 0 radical (unpaired) electrons. The molecule has 4 heteroatoms. The van der Waals surface area contributed by atoms with Crippen LogP contribution in [0.3, 0.4) is 0 Å². The molecule has 1 aliphatic heterocycles. The third kappa shape index (κ3) is 2.44. The van der Waals surface area contributed by atoms with Gasteiger partial charge >= 0.3 is 0 Å². The summed E-state index contributed by atoms with van der Waals surface area (Å²) in [5, 5.41) is 3.17. The molecule has 1 atom stereocenters. The van der Waals surface area contributed by atoms with Gasteiger partial charge in [-0.05, 0) is 47.0 Å². The largest absolute Gasteiger partial charge is 0.448 e. The van der Waals surface area contributed by atoms with Gasteiger partial charge in [0.2, 0.25) is 0 Å². The standard InChI is InChI=1S/C12H21N3O/c1-9(13-2)11-8-16-12(14-11)10-4-6-15(3)7-5-10/h8-10,13H,4-7H2,1-3H3. The van der Waals surface area contributed by atoms with Gasteiger partial charge in [0.05, 0.1) is 5.69 Å². The van der Waals surface area contributed by atoms with Gasteiger partial charge in [-0.3, -0.25) is 0 Å². The molecule has 1 aromatic rings. The number of hydrogen-bond donors (Lipinski definition) is 1. The molecule has 90 valence electrons. The smallest absolute Gasteiger partial charge is 0.197 e.